The molecule has 12 nitrogen and oxygen atoms in total. The predicted octanol–water partition coefficient (Wildman–Crippen LogP) is 0.875. The molecular formula is C8H5N3O9. The molecular weight excluding hydrogens is 282 g/mol. The van der Waals surface area contributed by atoms with Gasteiger partial charge in [-0.3, -0.25) is 30.3 Å². The van der Waals surface area contributed by atoms with Crippen molar-refractivity contribution in [2.45, 2.75) is 0 Å². The molecule has 0 aromatic heterocycles. The number of hydrogen-bond acceptors (Lipinski definition) is 8. The van der Waals surface area contributed by atoms with Crippen molar-refractivity contribution < 1.29 is 29.4 Å². The minimum atomic E-state index is -1.52. The molecule has 1 aromatic carbocycles. The summed E-state index contributed by atoms with van der Waals surface area (Å²) in [6.07, 6.45) is 0. The van der Waals surface area contributed by atoms with E-state index in [2.05, 4.69) is 4.74 Å². The Balaban J connectivity index is 3.50. The van der Waals surface area contributed by atoms with Crippen LogP contribution < -0.4 is 4.74 Å². The normalized spacial score (nSPS) is 9.80. The van der Waals surface area contributed by atoms with E-state index in [0.29, 0.717) is 12.1 Å². The lowest BCUT2D eigenvalue weighted by molar-refractivity contribution is -0.404. The standard InChI is InChI=1S/C8H5N3O9/c12-7(13)3-20-8-5(10(16)17)1-4(9(14)15)2-6(8)11(18)19/h1-2H,3H2,(H,12,13). The first-order valence-corrected chi connectivity index (χ1v) is 4.70. The number of non-ortho nitro benzene ring substituents is 1. The van der Waals surface area contributed by atoms with Crippen molar-refractivity contribution in [1.29, 1.82) is 0 Å². The first-order chi connectivity index (χ1) is 9.23. The van der Waals surface area contributed by atoms with Crippen molar-refractivity contribution in [3.63, 3.8) is 0 Å². The second-order valence-corrected chi connectivity index (χ2v) is 3.27. The number of nitrogens with zero attached hydrogens (tertiary/aromatic N) is 3. The highest BCUT2D eigenvalue weighted by molar-refractivity contribution is 5.71. The zero-order chi connectivity index (χ0) is 15.4. The number of hydrogen-bond donors (Lipinski definition) is 1. The Morgan fingerprint density at radius 2 is 1.50 bits per heavy atom. The summed E-state index contributed by atoms with van der Waals surface area (Å²) in [5.74, 6) is -2.47. The van der Waals surface area contributed by atoms with Gasteiger partial charge < -0.3 is 9.84 Å². The average molecular weight is 287 g/mol. The van der Waals surface area contributed by atoms with Gasteiger partial charge in [-0.05, 0) is 0 Å². The molecule has 12 heteroatoms. The summed E-state index contributed by atoms with van der Waals surface area (Å²) in [4.78, 5) is 39.1. The van der Waals surface area contributed by atoms with Gasteiger partial charge in [0.1, 0.15) is 0 Å². The van der Waals surface area contributed by atoms with Crippen LogP contribution in [-0.2, 0) is 4.79 Å². The maximum Gasteiger partial charge on any atom is 0.341 e. The van der Waals surface area contributed by atoms with Gasteiger partial charge in [0.05, 0.1) is 26.9 Å². The zero-order valence-corrected chi connectivity index (χ0v) is 9.42. The van der Waals surface area contributed by atoms with Gasteiger partial charge in [-0.25, -0.2) is 4.79 Å². The summed E-state index contributed by atoms with van der Waals surface area (Å²) in [7, 11) is 0. The van der Waals surface area contributed by atoms with Gasteiger partial charge in [0, 0.05) is 0 Å². The summed E-state index contributed by atoms with van der Waals surface area (Å²) in [5, 5.41) is 40.5. The third kappa shape index (κ3) is 3.12. The molecule has 0 aliphatic carbocycles. The monoisotopic (exact) mass is 287 g/mol. The van der Waals surface area contributed by atoms with E-state index in [9.17, 15) is 35.1 Å². The van der Waals surface area contributed by atoms with Crippen LogP contribution in [0.25, 0.3) is 0 Å². The molecule has 0 amide bonds. The number of carboxylic acid groups (broad SMARTS) is 1. The van der Waals surface area contributed by atoms with E-state index in [-0.39, 0.29) is 0 Å². The number of rotatable bonds is 6. The van der Waals surface area contributed by atoms with Crippen molar-refractivity contribution in [3.05, 3.63) is 42.5 Å². The first-order valence-electron chi connectivity index (χ1n) is 4.70. The van der Waals surface area contributed by atoms with Crippen LogP contribution in [-0.4, -0.2) is 32.5 Å². The summed E-state index contributed by atoms with van der Waals surface area (Å²) >= 11 is 0. The van der Waals surface area contributed by atoms with Crippen LogP contribution in [0, 0.1) is 30.3 Å². The molecule has 0 unspecified atom stereocenters. The van der Waals surface area contributed by atoms with Crippen LogP contribution in [0.2, 0.25) is 0 Å². The van der Waals surface area contributed by atoms with Gasteiger partial charge in [-0.1, -0.05) is 0 Å². The molecule has 0 spiro atoms. The van der Waals surface area contributed by atoms with Crippen LogP contribution in [0.3, 0.4) is 0 Å². The molecule has 0 heterocycles. The van der Waals surface area contributed by atoms with E-state index in [0.717, 1.165) is 0 Å². The van der Waals surface area contributed by atoms with Crippen molar-refractivity contribution in [1.82, 2.24) is 0 Å². The molecule has 0 bridgehead atoms. The largest absolute Gasteiger partial charge is 0.479 e. The van der Waals surface area contributed by atoms with Gasteiger partial charge in [-0.15, -0.1) is 0 Å². The van der Waals surface area contributed by atoms with E-state index >= 15 is 0 Å². The summed E-state index contributed by atoms with van der Waals surface area (Å²) in [6.45, 7) is -1.07. The molecule has 20 heavy (non-hydrogen) atoms. The molecule has 0 aliphatic heterocycles. The highest BCUT2D eigenvalue weighted by atomic mass is 16.6. The summed E-state index contributed by atoms with van der Waals surface area (Å²) < 4.78 is 4.48. The maximum absolute atomic E-state index is 10.7. The Bertz CT molecular complexity index is 576. The Hall–Kier alpha value is -3.31. The number of benzene rings is 1. The molecule has 1 N–H and O–H groups in total. The van der Waals surface area contributed by atoms with Crippen LogP contribution in [0.4, 0.5) is 17.1 Å². The molecule has 1 aromatic rings. The van der Waals surface area contributed by atoms with E-state index in [4.69, 9.17) is 5.11 Å². The lowest BCUT2D eigenvalue weighted by Gasteiger charge is -2.05. The van der Waals surface area contributed by atoms with Gasteiger partial charge in [0.2, 0.25) is 0 Å². The highest BCUT2D eigenvalue weighted by Gasteiger charge is 2.32. The predicted molar refractivity (Wildman–Crippen MR) is 59.5 cm³/mol. The highest BCUT2D eigenvalue weighted by Crippen LogP contribution is 2.40. The molecule has 0 atom stereocenters. The second-order valence-electron chi connectivity index (χ2n) is 3.27. The van der Waals surface area contributed by atoms with Crippen LogP contribution >= 0.6 is 0 Å². The quantitative estimate of drug-likeness (QED) is 0.587. The van der Waals surface area contributed by atoms with E-state index in [1.54, 1.807) is 0 Å². The van der Waals surface area contributed by atoms with Crippen LogP contribution in [0.1, 0.15) is 0 Å². The van der Waals surface area contributed by atoms with E-state index < -0.39 is 50.2 Å². The van der Waals surface area contributed by atoms with Crippen molar-refractivity contribution >= 4 is 23.0 Å². The average Bonchev–Trinajstić information content (AvgIpc) is 2.34. The van der Waals surface area contributed by atoms with Crippen LogP contribution in [0.5, 0.6) is 5.75 Å². The minimum Gasteiger partial charge on any atom is -0.479 e. The second kappa shape index (κ2) is 5.55. The molecule has 0 saturated carbocycles. The van der Waals surface area contributed by atoms with E-state index in [1.165, 1.54) is 0 Å². The first kappa shape index (κ1) is 14.7. The van der Waals surface area contributed by atoms with Gasteiger partial charge >= 0.3 is 17.3 Å². The fraction of sp³-hybridized carbons (Fsp3) is 0.125. The van der Waals surface area contributed by atoms with Gasteiger partial charge in [0.15, 0.2) is 6.61 Å². The molecule has 0 saturated heterocycles. The number of nitro benzene ring substituents is 3. The van der Waals surface area contributed by atoms with Crippen molar-refractivity contribution in [2.75, 3.05) is 6.61 Å². The van der Waals surface area contributed by atoms with Crippen molar-refractivity contribution in [3.8, 4) is 5.75 Å². The van der Waals surface area contributed by atoms with E-state index in [1.807, 2.05) is 0 Å². The number of carbonyl (C=O) groups is 1. The minimum absolute atomic E-state index is 0.449. The lowest BCUT2D eigenvalue weighted by Crippen LogP contribution is -2.12. The van der Waals surface area contributed by atoms with Gasteiger partial charge in [-0.2, -0.15) is 0 Å². The Morgan fingerprint density at radius 3 is 1.80 bits per heavy atom. The Morgan fingerprint density at radius 1 is 1.05 bits per heavy atom. The number of carboxylic acids is 1. The Kier molecular flexibility index (Phi) is 4.10. The summed E-state index contributed by atoms with van der Waals surface area (Å²) in [6, 6.07) is 0.897. The van der Waals surface area contributed by atoms with Crippen LogP contribution in [0.15, 0.2) is 12.1 Å². The fourth-order valence-corrected chi connectivity index (χ4v) is 1.24. The molecule has 0 aliphatic rings. The number of aliphatic carboxylic acids is 1. The third-order valence-electron chi connectivity index (χ3n) is 1.98. The summed E-state index contributed by atoms with van der Waals surface area (Å²) in [5.41, 5.74) is -3.01. The molecule has 0 radical (unpaired) electrons. The SMILES string of the molecule is O=C(O)COc1c([N+](=O)[O-])cc([N+](=O)[O-])cc1[N+](=O)[O-]. The molecule has 1 rings (SSSR count). The third-order valence-corrected chi connectivity index (χ3v) is 1.98. The zero-order valence-electron chi connectivity index (χ0n) is 9.42. The number of nitro groups is 3. The smallest absolute Gasteiger partial charge is 0.341 e. The maximum atomic E-state index is 10.7. The van der Waals surface area contributed by atoms with Crippen molar-refractivity contribution in [2.24, 2.45) is 0 Å². The molecule has 106 valence electrons. The van der Waals surface area contributed by atoms with Gasteiger partial charge in [0.25, 0.3) is 11.4 Å². The Labute approximate surface area is 108 Å². The molecule has 0 fully saturated rings. The fourth-order valence-electron chi connectivity index (χ4n) is 1.24. The lowest BCUT2D eigenvalue weighted by atomic mass is 10.2. The number of ether oxygens (including phenoxy) is 1. The topological polar surface area (TPSA) is 176 Å².